The van der Waals surface area contributed by atoms with Crippen molar-refractivity contribution in [3.05, 3.63) is 18.1 Å². The van der Waals surface area contributed by atoms with Crippen molar-refractivity contribution in [1.29, 1.82) is 0 Å². The third kappa shape index (κ3) is 2.72. The third-order valence-electron chi connectivity index (χ3n) is 3.38. The van der Waals surface area contributed by atoms with Gasteiger partial charge in [0.1, 0.15) is 5.82 Å². The number of nitrogens with one attached hydrogen (secondary N) is 1. The highest BCUT2D eigenvalue weighted by atomic mass is 16.5. The lowest BCUT2D eigenvalue weighted by molar-refractivity contribution is 0.0587. The van der Waals surface area contributed by atoms with Crippen LogP contribution in [0.3, 0.4) is 0 Å². The number of carbonyl (C=O) groups excluding carboxylic acids is 1. The number of anilines is 1. The summed E-state index contributed by atoms with van der Waals surface area (Å²) >= 11 is 0. The quantitative estimate of drug-likeness (QED) is 0.789. The molecule has 0 spiro atoms. The highest BCUT2D eigenvalue weighted by molar-refractivity contribution is 5.85. The lowest BCUT2D eigenvalue weighted by atomic mass is 10.0. The zero-order valence-corrected chi connectivity index (χ0v) is 10.2. The molecule has 0 bridgehead atoms. The minimum absolute atomic E-state index is 0.0962. The van der Waals surface area contributed by atoms with Crippen LogP contribution < -0.4 is 5.32 Å². The smallest absolute Gasteiger partial charge is 0.376 e. The second-order valence-electron chi connectivity index (χ2n) is 4.46. The van der Waals surface area contributed by atoms with Crippen molar-refractivity contribution < 1.29 is 9.53 Å². The second kappa shape index (κ2) is 4.69. The van der Waals surface area contributed by atoms with E-state index in [2.05, 4.69) is 26.9 Å². The van der Waals surface area contributed by atoms with Gasteiger partial charge in [0.15, 0.2) is 0 Å². The van der Waals surface area contributed by atoms with Gasteiger partial charge in [0, 0.05) is 12.7 Å². The molecule has 5 nitrogen and oxygen atoms in total. The van der Waals surface area contributed by atoms with Crippen LogP contribution in [-0.4, -0.2) is 29.6 Å². The van der Waals surface area contributed by atoms with Gasteiger partial charge >= 0.3 is 5.97 Å². The van der Waals surface area contributed by atoms with Crippen molar-refractivity contribution >= 4 is 11.8 Å². The number of ether oxygens (including phenoxy) is 1. The number of carbonyl (C=O) groups is 1. The van der Waals surface area contributed by atoms with E-state index in [1.165, 1.54) is 26.4 Å². The fourth-order valence-corrected chi connectivity index (χ4v) is 1.76. The summed E-state index contributed by atoms with van der Waals surface area (Å²) in [5.41, 5.74) is 0.441. The standard InChI is InChI=1S/C12H17N3O2/c1-3-12(5-6-12)8-14-9-4-7-13-10(15-9)11(16)17-2/h4,7H,3,5-6,8H2,1-2H3,(H,13,14,15). The van der Waals surface area contributed by atoms with Gasteiger partial charge in [0.25, 0.3) is 0 Å². The zero-order valence-electron chi connectivity index (χ0n) is 10.2. The number of aromatic nitrogens is 2. The fraction of sp³-hybridized carbons (Fsp3) is 0.583. The SMILES string of the molecule is CCC1(CNc2ccnc(C(=O)OC)n2)CC1. The Kier molecular flexibility index (Phi) is 3.26. The van der Waals surface area contributed by atoms with Crippen LogP contribution >= 0.6 is 0 Å². The predicted molar refractivity (Wildman–Crippen MR) is 63.8 cm³/mol. The van der Waals surface area contributed by atoms with E-state index in [-0.39, 0.29) is 5.82 Å². The van der Waals surface area contributed by atoms with Crippen LogP contribution in [-0.2, 0) is 4.74 Å². The largest absolute Gasteiger partial charge is 0.463 e. The highest BCUT2D eigenvalue weighted by Gasteiger charge is 2.40. The Bertz CT molecular complexity index is 416. The van der Waals surface area contributed by atoms with E-state index in [4.69, 9.17) is 0 Å². The van der Waals surface area contributed by atoms with Gasteiger partial charge < -0.3 is 10.1 Å². The summed E-state index contributed by atoms with van der Waals surface area (Å²) in [4.78, 5) is 19.2. The van der Waals surface area contributed by atoms with Crippen LogP contribution in [0.5, 0.6) is 0 Å². The number of nitrogens with zero attached hydrogens (tertiary/aromatic N) is 2. The molecule has 1 aromatic rings. The van der Waals surface area contributed by atoms with Gasteiger partial charge in [0.2, 0.25) is 5.82 Å². The Morgan fingerprint density at radius 2 is 2.35 bits per heavy atom. The highest BCUT2D eigenvalue weighted by Crippen LogP contribution is 2.48. The topological polar surface area (TPSA) is 64.1 Å². The minimum atomic E-state index is -0.509. The molecule has 0 amide bonds. The van der Waals surface area contributed by atoms with Gasteiger partial charge in [-0.05, 0) is 30.7 Å². The maximum atomic E-state index is 11.3. The van der Waals surface area contributed by atoms with Gasteiger partial charge in [-0.25, -0.2) is 14.8 Å². The minimum Gasteiger partial charge on any atom is -0.463 e. The maximum Gasteiger partial charge on any atom is 0.376 e. The molecule has 0 unspecified atom stereocenters. The molecule has 1 aliphatic rings. The number of rotatable bonds is 5. The first-order valence-electron chi connectivity index (χ1n) is 5.84. The van der Waals surface area contributed by atoms with Gasteiger partial charge in [-0.15, -0.1) is 0 Å². The fourth-order valence-electron chi connectivity index (χ4n) is 1.76. The molecule has 1 aromatic heterocycles. The zero-order chi connectivity index (χ0) is 12.3. The third-order valence-corrected chi connectivity index (χ3v) is 3.38. The average Bonchev–Trinajstić information content (AvgIpc) is 3.16. The number of methoxy groups -OCH3 is 1. The molecular weight excluding hydrogens is 218 g/mol. The number of hydrogen-bond acceptors (Lipinski definition) is 5. The Morgan fingerprint density at radius 3 is 2.94 bits per heavy atom. The van der Waals surface area contributed by atoms with Crippen LogP contribution in [0.15, 0.2) is 12.3 Å². The Morgan fingerprint density at radius 1 is 1.59 bits per heavy atom. The molecule has 2 rings (SSSR count). The predicted octanol–water partition coefficient (Wildman–Crippen LogP) is 1.87. The maximum absolute atomic E-state index is 11.3. The second-order valence-corrected chi connectivity index (χ2v) is 4.46. The van der Waals surface area contributed by atoms with E-state index in [9.17, 15) is 4.79 Å². The van der Waals surface area contributed by atoms with Crippen LogP contribution in [0, 0.1) is 5.41 Å². The number of esters is 1. The molecule has 0 aliphatic heterocycles. The molecule has 0 aromatic carbocycles. The summed E-state index contributed by atoms with van der Waals surface area (Å²) in [5.74, 6) is 0.268. The van der Waals surface area contributed by atoms with E-state index in [0.29, 0.717) is 11.2 Å². The van der Waals surface area contributed by atoms with Gasteiger partial charge in [0.05, 0.1) is 7.11 Å². The summed E-state index contributed by atoms with van der Waals surface area (Å²) in [5, 5.41) is 3.26. The summed E-state index contributed by atoms with van der Waals surface area (Å²) in [6.07, 6.45) is 5.28. The van der Waals surface area contributed by atoms with Crippen molar-refractivity contribution in [2.75, 3.05) is 19.0 Å². The first kappa shape index (κ1) is 11.8. The molecule has 1 N–H and O–H groups in total. The summed E-state index contributed by atoms with van der Waals surface area (Å²) < 4.78 is 4.58. The first-order chi connectivity index (χ1) is 8.19. The molecule has 0 radical (unpaired) electrons. The Balaban J connectivity index is 1.99. The van der Waals surface area contributed by atoms with E-state index < -0.39 is 5.97 Å². The van der Waals surface area contributed by atoms with E-state index in [0.717, 1.165) is 6.54 Å². The van der Waals surface area contributed by atoms with E-state index in [1.54, 1.807) is 12.3 Å². The Labute approximate surface area is 101 Å². The molecule has 5 heteroatoms. The average molecular weight is 235 g/mol. The van der Waals surface area contributed by atoms with Crippen LogP contribution in [0.2, 0.25) is 0 Å². The van der Waals surface area contributed by atoms with Gasteiger partial charge in [-0.3, -0.25) is 0 Å². The molecule has 1 heterocycles. The van der Waals surface area contributed by atoms with Crippen molar-refractivity contribution in [1.82, 2.24) is 9.97 Å². The van der Waals surface area contributed by atoms with Crippen LogP contribution in [0.25, 0.3) is 0 Å². The monoisotopic (exact) mass is 235 g/mol. The van der Waals surface area contributed by atoms with E-state index in [1.807, 2.05) is 0 Å². The molecular formula is C12H17N3O2. The van der Waals surface area contributed by atoms with Crippen molar-refractivity contribution in [2.24, 2.45) is 5.41 Å². The Hall–Kier alpha value is -1.65. The summed E-state index contributed by atoms with van der Waals surface area (Å²) in [6, 6.07) is 1.76. The molecule has 17 heavy (non-hydrogen) atoms. The molecule has 1 aliphatic carbocycles. The molecule has 0 atom stereocenters. The van der Waals surface area contributed by atoms with Gasteiger partial charge in [-0.2, -0.15) is 0 Å². The summed E-state index contributed by atoms with van der Waals surface area (Å²) in [7, 11) is 1.32. The van der Waals surface area contributed by atoms with Crippen molar-refractivity contribution in [3.63, 3.8) is 0 Å². The van der Waals surface area contributed by atoms with Gasteiger partial charge in [-0.1, -0.05) is 6.92 Å². The van der Waals surface area contributed by atoms with Crippen LogP contribution in [0.4, 0.5) is 5.82 Å². The van der Waals surface area contributed by atoms with Crippen molar-refractivity contribution in [2.45, 2.75) is 26.2 Å². The van der Waals surface area contributed by atoms with Crippen LogP contribution in [0.1, 0.15) is 36.8 Å². The van der Waals surface area contributed by atoms with Crippen molar-refractivity contribution in [3.8, 4) is 0 Å². The molecule has 1 saturated carbocycles. The molecule has 0 saturated heterocycles. The normalized spacial score (nSPS) is 16.4. The first-order valence-corrected chi connectivity index (χ1v) is 5.84. The van der Waals surface area contributed by atoms with E-state index >= 15 is 0 Å². The lowest BCUT2D eigenvalue weighted by Gasteiger charge is -2.13. The molecule has 92 valence electrons. The number of hydrogen-bond donors (Lipinski definition) is 1. The summed E-state index contributed by atoms with van der Waals surface area (Å²) in [6.45, 7) is 3.11. The molecule has 1 fully saturated rings. The lowest BCUT2D eigenvalue weighted by Crippen LogP contribution is -2.16.